The third-order valence-electron chi connectivity index (χ3n) is 5.14. The first-order valence-corrected chi connectivity index (χ1v) is 9.06. The molecule has 132 valence electrons. The number of rotatable bonds is 6. The number of nitrogens with zero attached hydrogens (tertiary/aromatic N) is 2. The molecular formula is C19H29N3O2. The summed E-state index contributed by atoms with van der Waals surface area (Å²) in [6, 6.07) is 6.37. The van der Waals surface area contributed by atoms with Crippen molar-refractivity contribution in [1.82, 2.24) is 9.80 Å². The summed E-state index contributed by atoms with van der Waals surface area (Å²) in [5.74, 6) is 0.760. The van der Waals surface area contributed by atoms with Gasteiger partial charge < -0.3 is 15.0 Å². The summed E-state index contributed by atoms with van der Waals surface area (Å²) in [4.78, 5) is 17.4. The lowest BCUT2D eigenvalue weighted by molar-refractivity contribution is -0.117. The lowest BCUT2D eigenvalue weighted by atomic mass is 10.2. The van der Waals surface area contributed by atoms with Crippen LogP contribution in [0.15, 0.2) is 18.2 Å². The molecule has 2 saturated heterocycles. The molecule has 1 aromatic rings. The van der Waals surface area contributed by atoms with Crippen LogP contribution in [-0.4, -0.2) is 61.6 Å². The van der Waals surface area contributed by atoms with Gasteiger partial charge in [0, 0.05) is 12.6 Å². The summed E-state index contributed by atoms with van der Waals surface area (Å²) in [6.07, 6.45) is 5.04. The van der Waals surface area contributed by atoms with Crippen molar-refractivity contribution in [2.24, 2.45) is 0 Å². The van der Waals surface area contributed by atoms with Gasteiger partial charge in [-0.25, -0.2) is 0 Å². The molecule has 0 bridgehead atoms. The minimum Gasteiger partial charge on any atom is -0.495 e. The maximum Gasteiger partial charge on any atom is 0.238 e. The number of carbonyl (C=O) groups is 1. The number of nitrogens with one attached hydrogen (secondary N) is 1. The van der Waals surface area contributed by atoms with Crippen LogP contribution in [0.5, 0.6) is 5.75 Å². The Hall–Kier alpha value is -1.59. The van der Waals surface area contributed by atoms with Crippen LogP contribution in [0.1, 0.15) is 31.2 Å². The minimum absolute atomic E-state index is 0.0484. The van der Waals surface area contributed by atoms with Crippen molar-refractivity contribution in [1.29, 1.82) is 0 Å². The van der Waals surface area contributed by atoms with E-state index in [-0.39, 0.29) is 5.91 Å². The van der Waals surface area contributed by atoms with Crippen LogP contribution in [0.3, 0.4) is 0 Å². The zero-order chi connectivity index (χ0) is 16.9. The maximum absolute atomic E-state index is 12.5. The normalized spacial score (nSPS) is 22.0. The van der Waals surface area contributed by atoms with E-state index in [4.69, 9.17) is 4.74 Å². The van der Waals surface area contributed by atoms with Crippen LogP contribution in [0.4, 0.5) is 5.69 Å². The average Bonchev–Trinajstić information content (AvgIpc) is 3.21. The Bertz CT molecular complexity index is 570. The van der Waals surface area contributed by atoms with Crippen molar-refractivity contribution in [3.8, 4) is 5.75 Å². The van der Waals surface area contributed by atoms with Crippen LogP contribution in [0.25, 0.3) is 0 Å². The van der Waals surface area contributed by atoms with E-state index in [1.807, 2.05) is 25.1 Å². The van der Waals surface area contributed by atoms with E-state index in [0.717, 1.165) is 24.3 Å². The number of amides is 1. The van der Waals surface area contributed by atoms with E-state index in [9.17, 15) is 4.79 Å². The van der Waals surface area contributed by atoms with E-state index < -0.39 is 0 Å². The molecule has 0 aliphatic carbocycles. The molecule has 2 aliphatic rings. The molecule has 0 aromatic heterocycles. The number of carbonyl (C=O) groups excluding carboxylic acids is 1. The summed E-state index contributed by atoms with van der Waals surface area (Å²) >= 11 is 0. The molecule has 2 heterocycles. The number of hydrogen-bond donors (Lipinski definition) is 1. The highest BCUT2D eigenvalue weighted by Crippen LogP contribution is 2.26. The molecule has 0 spiro atoms. The van der Waals surface area contributed by atoms with Crippen LogP contribution in [-0.2, 0) is 4.79 Å². The quantitative estimate of drug-likeness (QED) is 0.870. The van der Waals surface area contributed by atoms with E-state index in [1.54, 1.807) is 7.11 Å². The van der Waals surface area contributed by atoms with Gasteiger partial charge in [0.15, 0.2) is 0 Å². The number of aryl methyl sites for hydroxylation is 1. The molecule has 1 unspecified atom stereocenters. The predicted molar refractivity (Wildman–Crippen MR) is 96.6 cm³/mol. The van der Waals surface area contributed by atoms with Gasteiger partial charge >= 0.3 is 0 Å². The first-order valence-electron chi connectivity index (χ1n) is 9.06. The third-order valence-corrected chi connectivity index (χ3v) is 5.14. The van der Waals surface area contributed by atoms with Gasteiger partial charge in [-0.2, -0.15) is 0 Å². The Kier molecular flexibility index (Phi) is 5.74. The fourth-order valence-corrected chi connectivity index (χ4v) is 3.87. The predicted octanol–water partition coefficient (Wildman–Crippen LogP) is 2.50. The van der Waals surface area contributed by atoms with Crippen LogP contribution < -0.4 is 10.1 Å². The summed E-state index contributed by atoms with van der Waals surface area (Å²) in [7, 11) is 1.63. The second-order valence-electron chi connectivity index (χ2n) is 7.03. The Morgan fingerprint density at radius 1 is 1.25 bits per heavy atom. The van der Waals surface area contributed by atoms with Crippen molar-refractivity contribution in [3.63, 3.8) is 0 Å². The second kappa shape index (κ2) is 7.99. The molecule has 1 atom stereocenters. The highest BCUT2D eigenvalue weighted by Gasteiger charge is 2.28. The minimum atomic E-state index is 0.0484. The molecular weight excluding hydrogens is 302 g/mol. The first kappa shape index (κ1) is 17.2. The molecule has 5 nitrogen and oxygen atoms in total. The Balaban J connectivity index is 1.56. The molecule has 0 radical (unpaired) electrons. The van der Waals surface area contributed by atoms with E-state index in [1.165, 1.54) is 38.8 Å². The van der Waals surface area contributed by atoms with Crippen molar-refractivity contribution >= 4 is 11.6 Å². The fraction of sp³-hybridized carbons (Fsp3) is 0.632. The zero-order valence-corrected chi connectivity index (χ0v) is 14.9. The van der Waals surface area contributed by atoms with Gasteiger partial charge in [-0.3, -0.25) is 9.69 Å². The maximum atomic E-state index is 12.5. The molecule has 1 amide bonds. The van der Waals surface area contributed by atoms with Gasteiger partial charge in [0.1, 0.15) is 5.75 Å². The molecule has 24 heavy (non-hydrogen) atoms. The Morgan fingerprint density at radius 3 is 2.79 bits per heavy atom. The lowest BCUT2D eigenvalue weighted by Crippen LogP contribution is -2.42. The zero-order valence-electron chi connectivity index (χ0n) is 14.9. The molecule has 0 saturated carbocycles. The molecule has 1 aromatic carbocycles. The summed E-state index contributed by atoms with van der Waals surface area (Å²) in [6.45, 7) is 7.06. The van der Waals surface area contributed by atoms with Crippen molar-refractivity contribution in [3.05, 3.63) is 23.8 Å². The van der Waals surface area contributed by atoms with Crippen LogP contribution >= 0.6 is 0 Å². The number of ether oxygens (including phenoxy) is 1. The summed E-state index contributed by atoms with van der Waals surface area (Å²) < 4.78 is 5.35. The van der Waals surface area contributed by atoms with E-state index >= 15 is 0 Å². The highest BCUT2D eigenvalue weighted by atomic mass is 16.5. The molecule has 3 rings (SSSR count). The molecule has 2 fully saturated rings. The average molecular weight is 331 g/mol. The topological polar surface area (TPSA) is 44.8 Å². The number of benzene rings is 1. The summed E-state index contributed by atoms with van der Waals surface area (Å²) in [5.41, 5.74) is 1.87. The van der Waals surface area contributed by atoms with Crippen molar-refractivity contribution in [2.75, 3.05) is 45.2 Å². The van der Waals surface area contributed by atoms with Crippen molar-refractivity contribution in [2.45, 2.75) is 38.6 Å². The van der Waals surface area contributed by atoms with E-state index in [2.05, 4.69) is 15.1 Å². The number of hydrogen-bond acceptors (Lipinski definition) is 4. The third kappa shape index (κ3) is 4.28. The smallest absolute Gasteiger partial charge is 0.238 e. The Labute approximate surface area is 145 Å². The number of anilines is 1. The lowest BCUT2D eigenvalue weighted by Gasteiger charge is -2.28. The first-order chi connectivity index (χ1) is 11.7. The number of likely N-dealkylation sites (tertiary alicyclic amines) is 2. The molecule has 2 aliphatic heterocycles. The number of methoxy groups -OCH3 is 1. The monoisotopic (exact) mass is 331 g/mol. The van der Waals surface area contributed by atoms with Crippen molar-refractivity contribution < 1.29 is 9.53 Å². The van der Waals surface area contributed by atoms with Crippen LogP contribution in [0.2, 0.25) is 0 Å². The SMILES string of the molecule is COc1ccc(C)cc1NC(=O)CN1CCCC1CN1CCCC1. The van der Waals surface area contributed by atoms with Crippen LogP contribution in [0, 0.1) is 6.92 Å². The van der Waals surface area contributed by atoms with Gasteiger partial charge in [0.2, 0.25) is 5.91 Å². The van der Waals surface area contributed by atoms with Gasteiger partial charge in [-0.05, 0) is 69.9 Å². The highest BCUT2D eigenvalue weighted by molar-refractivity contribution is 5.93. The van der Waals surface area contributed by atoms with E-state index in [0.29, 0.717) is 18.3 Å². The van der Waals surface area contributed by atoms with Gasteiger partial charge in [0.05, 0.1) is 19.3 Å². The van der Waals surface area contributed by atoms with Gasteiger partial charge in [0.25, 0.3) is 0 Å². The standard InChI is InChI=1S/C19H29N3O2/c1-15-7-8-18(24-2)17(12-15)20-19(23)14-22-11-5-6-16(22)13-21-9-3-4-10-21/h7-8,12,16H,3-6,9-11,13-14H2,1-2H3,(H,20,23). The Morgan fingerprint density at radius 2 is 2.04 bits per heavy atom. The van der Waals surface area contributed by atoms with Gasteiger partial charge in [-0.15, -0.1) is 0 Å². The van der Waals surface area contributed by atoms with Gasteiger partial charge in [-0.1, -0.05) is 6.07 Å². The molecule has 5 heteroatoms. The molecule has 1 N–H and O–H groups in total. The fourth-order valence-electron chi connectivity index (χ4n) is 3.87. The second-order valence-corrected chi connectivity index (χ2v) is 7.03. The largest absolute Gasteiger partial charge is 0.495 e. The summed E-state index contributed by atoms with van der Waals surface area (Å²) in [5, 5.41) is 3.02.